The third-order valence-corrected chi connectivity index (χ3v) is 1.69. The molecule has 0 aromatic rings. The number of esters is 1. The highest BCUT2D eigenvalue weighted by Gasteiger charge is 2.35. The van der Waals surface area contributed by atoms with Gasteiger partial charge in [0, 0.05) is 0 Å². The van der Waals surface area contributed by atoms with Crippen LogP contribution in [0.5, 0.6) is 0 Å². The van der Waals surface area contributed by atoms with Gasteiger partial charge in [-0.25, -0.2) is 0 Å². The first-order valence-electron chi connectivity index (χ1n) is 4.64. The predicted octanol–water partition coefficient (Wildman–Crippen LogP) is 3.08. The zero-order valence-corrected chi connectivity index (χ0v) is 8.86. The van der Waals surface area contributed by atoms with Gasteiger partial charge in [-0.15, -0.1) is 6.58 Å². The highest BCUT2D eigenvalue weighted by molar-refractivity contribution is 5.72. The summed E-state index contributed by atoms with van der Waals surface area (Å²) in [7, 11) is 0. The van der Waals surface area contributed by atoms with Crippen LogP contribution in [0.25, 0.3) is 0 Å². The molecule has 0 amide bonds. The molecule has 88 valence electrons. The van der Waals surface area contributed by atoms with Gasteiger partial charge in [-0.3, -0.25) is 4.79 Å². The van der Waals surface area contributed by atoms with Gasteiger partial charge in [-0.2, -0.15) is 13.2 Å². The van der Waals surface area contributed by atoms with E-state index in [2.05, 4.69) is 11.3 Å². The minimum Gasteiger partial charge on any atom is -0.466 e. The quantitative estimate of drug-likeness (QED) is 0.530. The van der Waals surface area contributed by atoms with Crippen LogP contribution in [0, 0.1) is 5.92 Å². The summed E-state index contributed by atoms with van der Waals surface area (Å²) in [4.78, 5) is 11.2. The van der Waals surface area contributed by atoms with Crippen molar-refractivity contribution < 1.29 is 22.7 Å². The lowest BCUT2D eigenvalue weighted by Crippen LogP contribution is -2.24. The molecule has 0 aliphatic heterocycles. The number of halogens is 3. The van der Waals surface area contributed by atoms with Crippen molar-refractivity contribution in [2.24, 2.45) is 5.92 Å². The monoisotopic (exact) mass is 224 g/mol. The van der Waals surface area contributed by atoms with Crippen molar-refractivity contribution in [3.8, 4) is 0 Å². The second-order valence-corrected chi connectivity index (χ2v) is 3.43. The lowest BCUT2D eigenvalue weighted by molar-refractivity contribution is -0.167. The topological polar surface area (TPSA) is 26.3 Å². The number of alkyl halides is 3. The van der Waals surface area contributed by atoms with Crippen LogP contribution in [-0.4, -0.2) is 18.8 Å². The molecule has 5 heteroatoms. The van der Waals surface area contributed by atoms with E-state index in [1.165, 1.54) is 0 Å². The van der Waals surface area contributed by atoms with E-state index < -0.39 is 24.5 Å². The van der Waals surface area contributed by atoms with Gasteiger partial charge in [-0.05, 0) is 20.3 Å². The van der Waals surface area contributed by atoms with Crippen LogP contribution in [0.1, 0.15) is 26.7 Å². The molecule has 0 saturated carbocycles. The first kappa shape index (κ1) is 14.0. The molecule has 0 aliphatic rings. The number of allylic oxidation sites excluding steroid dienone is 1. The fourth-order valence-corrected chi connectivity index (χ4v) is 1.20. The summed E-state index contributed by atoms with van der Waals surface area (Å²) < 4.78 is 40.9. The number of hydrogen-bond donors (Lipinski definition) is 0. The second-order valence-electron chi connectivity index (χ2n) is 3.43. The lowest BCUT2D eigenvalue weighted by atomic mass is 9.97. The normalized spacial score (nSPS) is 13.4. The maximum absolute atomic E-state index is 12.1. The number of hydrogen-bond acceptors (Lipinski definition) is 2. The number of ether oxygens (including phenoxy) is 1. The summed E-state index contributed by atoms with van der Waals surface area (Å²) in [5, 5.41) is 0. The number of carbonyl (C=O) groups excluding carboxylic acids is 1. The summed E-state index contributed by atoms with van der Waals surface area (Å²) in [6, 6.07) is 0. The van der Waals surface area contributed by atoms with Crippen molar-refractivity contribution in [1.29, 1.82) is 0 Å². The number of rotatable bonds is 5. The Morgan fingerprint density at radius 2 is 2.00 bits per heavy atom. The van der Waals surface area contributed by atoms with Crippen molar-refractivity contribution in [3.63, 3.8) is 0 Å². The second kappa shape index (κ2) is 5.78. The van der Waals surface area contributed by atoms with Gasteiger partial charge < -0.3 is 4.74 Å². The zero-order chi connectivity index (χ0) is 12.1. The molecule has 0 aromatic heterocycles. The van der Waals surface area contributed by atoms with Crippen LogP contribution in [0.15, 0.2) is 12.2 Å². The van der Waals surface area contributed by atoms with Crippen molar-refractivity contribution in [1.82, 2.24) is 0 Å². The fourth-order valence-electron chi connectivity index (χ4n) is 1.20. The Bertz CT molecular complexity index is 233. The van der Waals surface area contributed by atoms with E-state index in [4.69, 9.17) is 0 Å². The average molecular weight is 224 g/mol. The average Bonchev–Trinajstić information content (AvgIpc) is 1.99. The predicted molar refractivity (Wildman–Crippen MR) is 50.2 cm³/mol. The van der Waals surface area contributed by atoms with E-state index in [1.54, 1.807) is 13.8 Å². The third-order valence-electron chi connectivity index (χ3n) is 1.69. The lowest BCUT2D eigenvalue weighted by Gasteiger charge is -2.17. The third kappa shape index (κ3) is 6.99. The van der Waals surface area contributed by atoms with Crippen LogP contribution in [0.2, 0.25) is 0 Å². The molecule has 2 nitrogen and oxygen atoms in total. The maximum Gasteiger partial charge on any atom is 0.389 e. The van der Waals surface area contributed by atoms with E-state index in [0.717, 1.165) is 0 Å². The van der Waals surface area contributed by atoms with Gasteiger partial charge in [0.25, 0.3) is 0 Å². The van der Waals surface area contributed by atoms with Crippen molar-refractivity contribution >= 4 is 5.97 Å². The van der Waals surface area contributed by atoms with Crippen LogP contribution in [-0.2, 0) is 9.53 Å². The zero-order valence-electron chi connectivity index (χ0n) is 8.86. The van der Waals surface area contributed by atoms with E-state index in [-0.39, 0.29) is 13.0 Å². The minimum atomic E-state index is -4.35. The molecule has 0 aliphatic carbocycles. The van der Waals surface area contributed by atoms with E-state index in [1.807, 2.05) is 0 Å². The Morgan fingerprint density at radius 1 is 1.47 bits per heavy atom. The summed E-state index contributed by atoms with van der Waals surface area (Å²) in [6.07, 6.45) is -5.50. The molecular formula is C10H15F3O2. The van der Waals surface area contributed by atoms with Gasteiger partial charge in [0.1, 0.15) is 0 Å². The highest BCUT2D eigenvalue weighted by Crippen LogP contribution is 2.28. The molecule has 0 heterocycles. The largest absolute Gasteiger partial charge is 0.466 e. The maximum atomic E-state index is 12.1. The fraction of sp³-hybridized carbons (Fsp3) is 0.700. The Kier molecular flexibility index (Phi) is 5.39. The molecule has 0 bridgehead atoms. The van der Waals surface area contributed by atoms with Crippen LogP contribution in [0.4, 0.5) is 13.2 Å². The van der Waals surface area contributed by atoms with Crippen LogP contribution >= 0.6 is 0 Å². The van der Waals surface area contributed by atoms with Gasteiger partial charge in [0.05, 0.1) is 18.9 Å². The highest BCUT2D eigenvalue weighted by atomic mass is 19.4. The van der Waals surface area contributed by atoms with Gasteiger partial charge in [0.15, 0.2) is 0 Å². The Hall–Kier alpha value is -1.00. The van der Waals surface area contributed by atoms with Crippen LogP contribution in [0.3, 0.4) is 0 Å². The van der Waals surface area contributed by atoms with E-state index in [9.17, 15) is 18.0 Å². The standard InChI is InChI=1S/C10H15F3O2/c1-4-15-9(14)8(5-7(2)3)6-10(11,12)13/h8H,2,4-6H2,1,3H3. The smallest absolute Gasteiger partial charge is 0.389 e. The molecule has 0 aromatic carbocycles. The first-order valence-corrected chi connectivity index (χ1v) is 4.64. The molecule has 0 radical (unpaired) electrons. The molecular weight excluding hydrogens is 209 g/mol. The summed E-state index contributed by atoms with van der Waals surface area (Å²) in [5.74, 6) is -1.97. The minimum absolute atomic E-state index is 0.0122. The van der Waals surface area contributed by atoms with Crippen LogP contribution < -0.4 is 0 Å². The van der Waals surface area contributed by atoms with Crippen molar-refractivity contribution in [3.05, 3.63) is 12.2 Å². The number of carbonyl (C=O) groups is 1. The van der Waals surface area contributed by atoms with Gasteiger partial charge in [-0.1, -0.05) is 5.57 Å². The molecule has 15 heavy (non-hydrogen) atoms. The molecule has 0 rings (SSSR count). The molecule has 0 saturated heterocycles. The van der Waals surface area contributed by atoms with E-state index in [0.29, 0.717) is 5.57 Å². The SMILES string of the molecule is C=C(C)CC(CC(F)(F)F)C(=O)OCC. The van der Waals surface area contributed by atoms with Crippen molar-refractivity contribution in [2.75, 3.05) is 6.61 Å². The molecule has 0 fully saturated rings. The Balaban J connectivity index is 4.44. The summed E-state index contributed by atoms with van der Waals surface area (Å²) in [5.41, 5.74) is 0.539. The summed E-state index contributed by atoms with van der Waals surface area (Å²) >= 11 is 0. The summed E-state index contributed by atoms with van der Waals surface area (Å²) in [6.45, 7) is 6.72. The molecule has 1 unspecified atom stereocenters. The molecule has 0 spiro atoms. The molecule has 0 N–H and O–H groups in total. The van der Waals surface area contributed by atoms with E-state index >= 15 is 0 Å². The van der Waals surface area contributed by atoms with Gasteiger partial charge in [0.2, 0.25) is 0 Å². The van der Waals surface area contributed by atoms with Crippen molar-refractivity contribution in [2.45, 2.75) is 32.9 Å². The first-order chi connectivity index (χ1) is 6.76. The Labute approximate surface area is 87.1 Å². The molecule has 1 atom stereocenters. The van der Waals surface area contributed by atoms with Gasteiger partial charge >= 0.3 is 12.1 Å². The Morgan fingerprint density at radius 3 is 2.33 bits per heavy atom.